The molecule has 0 amide bonds. The maximum Gasteiger partial charge on any atom is 0.310 e. The molecule has 0 aromatic heterocycles. The highest BCUT2D eigenvalue weighted by molar-refractivity contribution is 5.87. The Morgan fingerprint density at radius 1 is 1.19 bits per heavy atom. The highest BCUT2D eigenvalue weighted by atomic mass is 19.1. The molecule has 0 spiro atoms. The Morgan fingerprint density at radius 3 is 2.58 bits per heavy atom. The molecule has 5 nitrogen and oxygen atoms in total. The Kier molecular flexibility index (Phi) is 5.75. The second kappa shape index (κ2) is 8.35. The maximum atomic E-state index is 14.7. The number of halogens is 1. The van der Waals surface area contributed by atoms with Crippen molar-refractivity contribution in [1.29, 1.82) is 0 Å². The fourth-order valence-corrected chi connectivity index (χ4v) is 4.44. The first kappa shape index (κ1) is 21.4. The number of para-hydroxylation sites is 1. The lowest BCUT2D eigenvalue weighted by Gasteiger charge is -2.34. The number of carboxylic acid groups (broad SMARTS) is 1. The minimum Gasteiger partial charge on any atom is -0.494 e. The fraction of sp³-hybridized carbons (Fsp3) is 0.400. The summed E-state index contributed by atoms with van der Waals surface area (Å²) in [6.45, 7) is 5.91. The number of hydrogen-bond donors (Lipinski definition) is 1. The number of hydrogen-bond acceptors (Lipinski definition) is 4. The van der Waals surface area contributed by atoms with Gasteiger partial charge in [-0.3, -0.25) is 4.79 Å². The molecule has 2 aliphatic heterocycles. The van der Waals surface area contributed by atoms with Crippen molar-refractivity contribution in [2.45, 2.75) is 33.3 Å². The largest absolute Gasteiger partial charge is 0.494 e. The van der Waals surface area contributed by atoms with Gasteiger partial charge in [0.15, 0.2) is 11.6 Å². The van der Waals surface area contributed by atoms with E-state index in [1.54, 1.807) is 26.0 Å². The minimum atomic E-state index is -0.792. The van der Waals surface area contributed by atoms with Crippen LogP contribution in [0.3, 0.4) is 0 Å². The zero-order chi connectivity index (χ0) is 22.2. The summed E-state index contributed by atoms with van der Waals surface area (Å²) in [6, 6.07) is 11.2. The van der Waals surface area contributed by atoms with Crippen LogP contribution in [-0.2, 0) is 11.4 Å². The van der Waals surface area contributed by atoms with Crippen molar-refractivity contribution in [2.24, 2.45) is 5.41 Å². The average molecular weight is 426 g/mol. The Bertz CT molecular complexity index is 1030. The highest BCUT2D eigenvalue weighted by Gasteiger charge is 2.32. The monoisotopic (exact) mass is 425 g/mol. The van der Waals surface area contributed by atoms with Crippen molar-refractivity contribution in [3.8, 4) is 11.5 Å². The first-order valence-corrected chi connectivity index (χ1v) is 10.6. The van der Waals surface area contributed by atoms with Gasteiger partial charge in [-0.05, 0) is 56.0 Å². The number of fused-ring (bicyclic) bond motifs is 2. The standard InChI is InChI=1S/C25H28FNO4/c1-25(2,24(28)29)15-27-10-8-16(9-11-27)23-18-6-4-5-7-21(18)31-14-17-12-22(30-3)20(26)13-19(17)23/h4-7,12-13H,8-11,14-15H2,1-3H3,(H,28,29). The number of methoxy groups -OCH3 is 1. The van der Waals surface area contributed by atoms with Crippen LogP contribution in [0.2, 0.25) is 0 Å². The molecule has 0 saturated carbocycles. The van der Waals surface area contributed by atoms with Gasteiger partial charge in [-0.25, -0.2) is 4.39 Å². The smallest absolute Gasteiger partial charge is 0.310 e. The lowest BCUT2D eigenvalue weighted by Crippen LogP contribution is -2.42. The molecule has 0 atom stereocenters. The fourth-order valence-electron chi connectivity index (χ4n) is 4.44. The van der Waals surface area contributed by atoms with Gasteiger partial charge in [0, 0.05) is 30.8 Å². The van der Waals surface area contributed by atoms with Gasteiger partial charge in [0.1, 0.15) is 12.4 Å². The van der Waals surface area contributed by atoms with Crippen LogP contribution < -0.4 is 9.47 Å². The SMILES string of the molecule is COc1cc2c(cc1F)C(=C1CCN(CC(C)(C)C(=O)O)CC1)c1ccccc1OC2. The van der Waals surface area contributed by atoms with Gasteiger partial charge in [0.05, 0.1) is 12.5 Å². The quantitative estimate of drug-likeness (QED) is 0.767. The van der Waals surface area contributed by atoms with Gasteiger partial charge in [0.2, 0.25) is 0 Å². The lowest BCUT2D eigenvalue weighted by atomic mass is 9.85. The van der Waals surface area contributed by atoms with Crippen LogP contribution in [0.4, 0.5) is 4.39 Å². The van der Waals surface area contributed by atoms with Crippen molar-refractivity contribution < 1.29 is 23.8 Å². The van der Waals surface area contributed by atoms with Crippen LogP contribution in [0.5, 0.6) is 11.5 Å². The van der Waals surface area contributed by atoms with Crippen LogP contribution in [0.25, 0.3) is 5.57 Å². The van der Waals surface area contributed by atoms with Crippen LogP contribution >= 0.6 is 0 Å². The number of aliphatic carboxylic acids is 1. The van der Waals surface area contributed by atoms with E-state index >= 15 is 0 Å². The van der Waals surface area contributed by atoms with Crippen molar-refractivity contribution in [1.82, 2.24) is 4.90 Å². The topological polar surface area (TPSA) is 59.0 Å². The summed E-state index contributed by atoms with van der Waals surface area (Å²) in [5.74, 6) is -0.178. The van der Waals surface area contributed by atoms with Gasteiger partial charge in [0.25, 0.3) is 0 Å². The van der Waals surface area contributed by atoms with Crippen molar-refractivity contribution >= 4 is 11.5 Å². The molecule has 2 aliphatic rings. The summed E-state index contributed by atoms with van der Waals surface area (Å²) in [6.07, 6.45) is 1.60. The van der Waals surface area contributed by atoms with E-state index in [1.807, 2.05) is 24.3 Å². The molecule has 0 unspecified atom stereocenters. The predicted octanol–water partition coefficient (Wildman–Crippen LogP) is 4.74. The normalized spacial score (nSPS) is 16.8. The van der Waals surface area contributed by atoms with Gasteiger partial charge < -0.3 is 19.5 Å². The number of carbonyl (C=O) groups is 1. The third kappa shape index (κ3) is 4.17. The molecule has 31 heavy (non-hydrogen) atoms. The van der Waals surface area contributed by atoms with Crippen molar-refractivity contribution in [3.63, 3.8) is 0 Å². The maximum absolute atomic E-state index is 14.7. The summed E-state index contributed by atoms with van der Waals surface area (Å²) >= 11 is 0. The van der Waals surface area contributed by atoms with Gasteiger partial charge in [-0.15, -0.1) is 0 Å². The molecule has 0 aliphatic carbocycles. The molecule has 4 rings (SSSR count). The number of rotatable bonds is 4. The van der Waals surface area contributed by atoms with Crippen LogP contribution in [-0.4, -0.2) is 42.7 Å². The van der Waals surface area contributed by atoms with E-state index in [4.69, 9.17) is 9.47 Å². The number of piperidine rings is 1. The Hall–Kier alpha value is -2.86. The minimum absolute atomic E-state index is 0.211. The van der Waals surface area contributed by atoms with Crippen LogP contribution in [0.1, 0.15) is 43.4 Å². The van der Waals surface area contributed by atoms with E-state index in [0.29, 0.717) is 13.2 Å². The Balaban J connectivity index is 1.73. The van der Waals surface area contributed by atoms with E-state index < -0.39 is 11.4 Å². The zero-order valence-corrected chi connectivity index (χ0v) is 18.2. The van der Waals surface area contributed by atoms with Crippen molar-refractivity contribution in [3.05, 3.63) is 64.5 Å². The number of ether oxygens (including phenoxy) is 2. The molecule has 0 bridgehead atoms. The van der Waals surface area contributed by atoms with E-state index in [1.165, 1.54) is 12.7 Å². The summed E-state index contributed by atoms with van der Waals surface area (Å²) in [5.41, 5.74) is 4.19. The van der Waals surface area contributed by atoms with E-state index in [9.17, 15) is 14.3 Å². The third-order valence-corrected chi connectivity index (χ3v) is 6.20. The molecule has 1 fully saturated rings. The van der Waals surface area contributed by atoms with Gasteiger partial charge >= 0.3 is 5.97 Å². The summed E-state index contributed by atoms with van der Waals surface area (Å²) in [5, 5.41) is 9.45. The van der Waals surface area contributed by atoms with E-state index in [0.717, 1.165) is 53.9 Å². The Labute approximate surface area is 182 Å². The first-order chi connectivity index (χ1) is 14.8. The second-order valence-electron chi connectivity index (χ2n) is 8.87. The predicted molar refractivity (Wildman–Crippen MR) is 117 cm³/mol. The summed E-state index contributed by atoms with van der Waals surface area (Å²) in [7, 11) is 1.46. The number of benzene rings is 2. The van der Waals surface area contributed by atoms with Crippen molar-refractivity contribution in [2.75, 3.05) is 26.7 Å². The van der Waals surface area contributed by atoms with Gasteiger partial charge in [-0.2, -0.15) is 0 Å². The number of nitrogens with zero attached hydrogens (tertiary/aromatic N) is 1. The number of likely N-dealkylation sites (tertiary alicyclic amines) is 1. The summed E-state index contributed by atoms with van der Waals surface area (Å²) < 4.78 is 25.9. The lowest BCUT2D eigenvalue weighted by molar-refractivity contribution is -0.148. The highest BCUT2D eigenvalue weighted by Crippen LogP contribution is 2.42. The van der Waals surface area contributed by atoms with Crippen LogP contribution in [0.15, 0.2) is 42.0 Å². The average Bonchev–Trinajstić information content (AvgIpc) is 2.90. The third-order valence-electron chi connectivity index (χ3n) is 6.20. The van der Waals surface area contributed by atoms with E-state index in [2.05, 4.69) is 4.90 Å². The van der Waals surface area contributed by atoms with Crippen LogP contribution in [0, 0.1) is 11.2 Å². The molecule has 2 aromatic carbocycles. The molecule has 0 radical (unpaired) electrons. The van der Waals surface area contributed by atoms with Gasteiger partial charge in [-0.1, -0.05) is 23.8 Å². The molecule has 1 N–H and O–H groups in total. The Morgan fingerprint density at radius 2 is 1.90 bits per heavy atom. The summed E-state index contributed by atoms with van der Waals surface area (Å²) in [4.78, 5) is 13.7. The zero-order valence-electron chi connectivity index (χ0n) is 18.2. The molecule has 2 aromatic rings. The van der Waals surface area contributed by atoms with E-state index in [-0.39, 0.29) is 11.6 Å². The molecule has 6 heteroatoms. The molecule has 164 valence electrons. The number of carboxylic acids is 1. The molecular formula is C25H28FNO4. The second-order valence-corrected chi connectivity index (χ2v) is 8.87. The molecular weight excluding hydrogens is 397 g/mol. The molecule has 2 heterocycles. The first-order valence-electron chi connectivity index (χ1n) is 10.6. The molecule has 1 saturated heterocycles.